The van der Waals surface area contributed by atoms with Crippen LogP contribution >= 0.6 is 23.2 Å². The van der Waals surface area contributed by atoms with Crippen LogP contribution in [-0.4, -0.2) is 5.16 Å². The summed E-state index contributed by atoms with van der Waals surface area (Å²) in [5.74, 6) is 0.970. The van der Waals surface area contributed by atoms with Crippen molar-refractivity contribution in [3.8, 4) is 11.3 Å². The summed E-state index contributed by atoms with van der Waals surface area (Å²) in [5, 5.41) is 4.76. The highest BCUT2D eigenvalue weighted by molar-refractivity contribution is 6.35. The average Bonchev–Trinajstić information content (AvgIpc) is 2.46. The monoisotopic (exact) mass is 242 g/mol. The SMILES string of the molecule is Cc1c(N)noc1-c1cc(Cl)cc(Cl)c1. The summed E-state index contributed by atoms with van der Waals surface area (Å²) in [4.78, 5) is 0. The molecule has 1 aromatic heterocycles. The number of nitrogens with zero attached hydrogens (tertiary/aromatic N) is 1. The summed E-state index contributed by atoms with van der Waals surface area (Å²) < 4.78 is 5.10. The summed E-state index contributed by atoms with van der Waals surface area (Å²) in [5.41, 5.74) is 7.14. The summed E-state index contributed by atoms with van der Waals surface area (Å²) in [6.07, 6.45) is 0. The molecule has 0 saturated heterocycles. The first kappa shape index (κ1) is 10.3. The Kier molecular flexibility index (Phi) is 2.59. The number of rotatable bonds is 1. The molecule has 0 amide bonds. The topological polar surface area (TPSA) is 52.0 Å². The molecule has 0 unspecified atom stereocenters. The lowest BCUT2D eigenvalue weighted by molar-refractivity contribution is 0.435. The first-order valence-corrected chi connectivity index (χ1v) is 5.01. The number of aromatic nitrogens is 1. The van der Waals surface area contributed by atoms with E-state index in [-0.39, 0.29) is 0 Å². The first-order chi connectivity index (χ1) is 7.08. The van der Waals surface area contributed by atoms with Crippen LogP contribution in [0.5, 0.6) is 0 Å². The maximum Gasteiger partial charge on any atom is 0.172 e. The molecule has 3 nitrogen and oxygen atoms in total. The molecule has 0 spiro atoms. The summed E-state index contributed by atoms with van der Waals surface area (Å²) in [6.45, 7) is 1.83. The largest absolute Gasteiger partial charge is 0.381 e. The molecule has 0 aliphatic rings. The summed E-state index contributed by atoms with van der Waals surface area (Å²) >= 11 is 11.8. The molecular formula is C10H8Cl2N2O. The fourth-order valence-corrected chi connectivity index (χ4v) is 1.83. The number of benzene rings is 1. The van der Waals surface area contributed by atoms with Crippen LogP contribution in [0.3, 0.4) is 0 Å². The predicted molar refractivity (Wildman–Crippen MR) is 61.1 cm³/mol. The molecule has 0 atom stereocenters. The van der Waals surface area contributed by atoms with E-state index >= 15 is 0 Å². The van der Waals surface area contributed by atoms with E-state index in [4.69, 9.17) is 33.5 Å². The molecular weight excluding hydrogens is 235 g/mol. The van der Waals surface area contributed by atoms with Gasteiger partial charge in [0.25, 0.3) is 0 Å². The Labute approximate surface area is 96.8 Å². The molecule has 1 heterocycles. The van der Waals surface area contributed by atoms with Crippen molar-refractivity contribution in [3.05, 3.63) is 33.8 Å². The van der Waals surface area contributed by atoms with Crippen LogP contribution in [0, 0.1) is 6.92 Å². The van der Waals surface area contributed by atoms with E-state index in [2.05, 4.69) is 5.16 Å². The van der Waals surface area contributed by atoms with Crippen molar-refractivity contribution in [1.82, 2.24) is 5.16 Å². The van der Waals surface area contributed by atoms with E-state index in [1.54, 1.807) is 18.2 Å². The fourth-order valence-electron chi connectivity index (χ4n) is 1.30. The van der Waals surface area contributed by atoms with Crippen molar-refractivity contribution in [2.24, 2.45) is 0 Å². The highest BCUT2D eigenvalue weighted by Crippen LogP contribution is 2.31. The van der Waals surface area contributed by atoms with Gasteiger partial charge in [-0.15, -0.1) is 0 Å². The van der Waals surface area contributed by atoms with Gasteiger partial charge in [0.2, 0.25) is 0 Å². The number of nitrogen functional groups attached to an aromatic ring is 1. The molecule has 2 N–H and O–H groups in total. The zero-order chi connectivity index (χ0) is 11.0. The van der Waals surface area contributed by atoms with Gasteiger partial charge in [0, 0.05) is 21.2 Å². The van der Waals surface area contributed by atoms with E-state index in [0.717, 1.165) is 11.1 Å². The van der Waals surface area contributed by atoms with Gasteiger partial charge in [-0.05, 0) is 25.1 Å². The summed E-state index contributed by atoms with van der Waals surface area (Å²) in [7, 11) is 0. The van der Waals surface area contributed by atoms with Gasteiger partial charge in [-0.2, -0.15) is 0 Å². The van der Waals surface area contributed by atoms with Crippen LogP contribution in [0.4, 0.5) is 5.82 Å². The Morgan fingerprint density at radius 3 is 2.27 bits per heavy atom. The molecule has 78 valence electrons. The lowest BCUT2D eigenvalue weighted by Crippen LogP contribution is -1.86. The third-order valence-corrected chi connectivity index (χ3v) is 2.52. The highest BCUT2D eigenvalue weighted by Gasteiger charge is 2.12. The fraction of sp³-hybridized carbons (Fsp3) is 0.100. The lowest BCUT2D eigenvalue weighted by atomic mass is 10.1. The van der Waals surface area contributed by atoms with Gasteiger partial charge in [0.05, 0.1) is 0 Å². The Morgan fingerprint density at radius 2 is 1.80 bits per heavy atom. The van der Waals surface area contributed by atoms with Crippen LogP contribution in [0.25, 0.3) is 11.3 Å². The maximum atomic E-state index is 5.88. The Balaban J connectivity index is 2.58. The van der Waals surface area contributed by atoms with Crippen molar-refractivity contribution in [1.29, 1.82) is 0 Å². The van der Waals surface area contributed by atoms with Crippen LogP contribution in [0.1, 0.15) is 5.56 Å². The Hall–Kier alpha value is -1.19. The molecule has 0 radical (unpaired) electrons. The van der Waals surface area contributed by atoms with Crippen molar-refractivity contribution in [2.45, 2.75) is 6.92 Å². The molecule has 5 heteroatoms. The number of anilines is 1. The van der Waals surface area contributed by atoms with Crippen molar-refractivity contribution >= 4 is 29.0 Å². The summed E-state index contributed by atoms with van der Waals surface area (Å²) in [6, 6.07) is 5.16. The third-order valence-electron chi connectivity index (χ3n) is 2.08. The smallest absolute Gasteiger partial charge is 0.172 e. The molecule has 0 aliphatic heterocycles. The van der Waals surface area contributed by atoms with Gasteiger partial charge < -0.3 is 10.3 Å². The van der Waals surface area contributed by atoms with Crippen LogP contribution in [0.2, 0.25) is 10.0 Å². The molecule has 2 rings (SSSR count). The maximum absolute atomic E-state index is 5.88. The normalized spacial score (nSPS) is 10.6. The standard InChI is InChI=1S/C10H8Cl2N2O/c1-5-9(15-14-10(5)13)6-2-7(11)4-8(12)3-6/h2-4H,1H3,(H2,13,14). The Bertz CT molecular complexity index is 488. The minimum atomic E-state index is 0.376. The number of nitrogens with two attached hydrogens (primary N) is 1. The average molecular weight is 243 g/mol. The van der Waals surface area contributed by atoms with Crippen molar-refractivity contribution in [2.75, 3.05) is 5.73 Å². The molecule has 15 heavy (non-hydrogen) atoms. The van der Waals surface area contributed by atoms with Crippen LogP contribution in [0.15, 0.2) is 22.7 Å². The molecule has 0 aliphatic carbocycles. The van der Waals surface area contributed by atoms with Crippen LogP contribution in [-0.2, 0) is 0 Å². The van der Waals surface area contributed by atoms with E-state index < -0.39 is 0 Å². The minimum absolute atomic E-state index is 0.376. The minimum Gasteiger partial charge on any atom is -0.381 e. The van der Waals surface area contributed by atoms with E-state index in [1.807, 2.05) is 6.92 Å². The second kappa shape index (κ2) is 3.76. The molecule has 2 aromatic rings. The van der Waals surface area contributed by atoms with Gasteiger partial charge in [-0.3, -0.25) is 0 Å². The zero-order valence-electron chi connectivity index (χ0n) is 7.92. The number of halogens is 2. The highest BCUT2D eigenvalue weighted by atomic mass is 35.5. The van der Waals surface area contributed by atoms with E-state index in [1.165, 1.54) is 0 Å². The van der Waals surface area contributed by atoms with E-state index in [0.29, 0.717) is 21.6 Å². The van der Waals surface area contributed by atoms with Gasteiger partial charge in [-0.1, -0.05) is 28.4 Å². The number of hydrogen-bond donors (Lipinski definition) is 1. The second-order valence-electron chi connectivity index (χ2n) is 3.18. The molecule has 1 aromatic carbocycles. The third kappa shape index (κ3) is 1.94. The molecule has 0 fully saturated rings. The molecule has 0 bridgehead atoms. The predicted octanol–water partition coefficient (Wildman–Crippen LogP) is 3.54. The Morgan fingerprint density at radius 1 is 1.20 bits per heavy atom. The second-order valence-corrected chi connectivity index (χ2v) is 4.05. The molecule has 0 saturated carbocycles. The number of hydrogen-bond acceptors (Lipinski definition) is 3. The van der Waals surface area contributed by atoms with Gasteiger partial charge in [0.1, 0.15) is 0 Å². The van der Waals surface area contributed by atoms with Gasteiger partial charge >= 0.3 is 0 Å². The van der Waals surface area contributed by atoms with Gasteiger partial charge in [0.15, 0.2) is 11.6 Å². The van der Waals surface area contributed by atoms with Crippen molar-refractivity contribution in [3.63, 3.8) is 0 Å². The van der Waals surface area contributed by atoms with Crippen LogP contribution < -0.4 is 5.73 Å². The lowest BCUT2D eigenvalue weighted by Gasteiger charge is -1.99. The van der Waals surface area contributed by atoms with Gasteiger partial charge in [-0.25, -0.2) is 0 Å². The van der Waals surface area contributed by atoms with E-state index in [9.17, 15) is 0 Å². The quantitative estimate of drug-likeness (QED) is 0.833. The zero-order valence-corrected chi connectivity index (χ0v) is 9.43. The van der Waals surface area contributed by atoms with Crippen molar-refractivity contribution < 1.29 is 4.52 Å². The first-order valence-electron chi connectivity index (χ1n) is 4.26.